The normalized spacial score (nSPS) is 19.7. The van der Waals surface area contributed by atoms with E-state index in [1.807, 2.05) is 43.9 Å². The molecule has 32 heavy (non-hydrogen) atoms. The molecular weight excluding hydrogens is 408 g/mol. The predicted octanol–water partition coefficient (Wildman–Crippen LogP) is 2.59. The molecule has 0 saturated heterocycles. The molecular formula is C24H38N4O4. The van der Waals surface area contributed by atoms with E-state index in [9.17, 15) is 14.7 Å². The number of nitrogens with zero attached hydrogens (tertiary/aromatic N) is 2. The van der Waals surface area contributed by atoms with E-state index in [-0.39, 0.29) is 29.9 Å². The maximum atomic E-state index is 13.0. The maximum absolute atomic E-state index is 13.0. The lowest BCUT2D eigenvalue weighted by molar-refractivity contribution is -0.120. The highest BCUT2D eigenvalue weighted by Gasteiger charge is 2.41. The zero-order valence-corrected chi connectivity index (χ0v) is 19.9. The summed E-state index contributed by atoms with van der Waals surface area (Å²) in [5.41, 5.74) is 7.65. The zero-order valence-electron chi connectivity index (χ0n) is 19.9. The first-order valence-corrected chi connectivity index (χ1v) is 11.6. The van der Waals surface area contributed by atoms with Crippen molar-refractivity contribution < 1.29 is 19.4 Å². The van der Waals surface area contributed by atoms with Gasteiger partial charge >= 0.3 is 6.09 Å². The molecule has 0 spiro atoms. The van der Waals surface area contributed by atoms with Gasteiger partial charge in [-0.1, -0.05) is 6.07 Å². The number of nitrogens with two attached hydrogens (primary N) is 1. The van der Waals surface area contributed by atoms with E-state index in [4.69, 9.17) is 10.5 Å². The van der Waals surface area contributed by atoms with Gasteiger partial charge in [0.15, 0.2) is 0 Å². The molecule has 1 unspecified atom stereocenters. The number of nitrogens with one attached hydrogen (secondary N) is 1. The monoisotopic (exact) mass is 446 g/mol. The van der Waals surface area contributed by atoms with Crippen molar-refractivity contribution in [2.75, 3.05) is 36.0 Å². The van der Waals surface area contributed by atoms with Crippen molar-refractivity contribution in [2.24, 2.45) is 11.7 Å². The summed E-state index contributed by atoms with van der Waals surface area (Å²) in [5.74, 6) is 0.213. The van der Waals surface area contributed by atoms with Crippen molar-refractivity contribution in [3.8, 4) is 0 Å². The van der Waals surface area contributed by atoms with Gasteiger partial charge in [-0.05, 0) is 65.2 Å². The molecule has 1 fully saturated rings. The highest BCUT2D eigenvalue weighted by molar-refractivity contribution is 6.04. The Hall–Kier alpha value is -2.16. The van der Waals surface area contributed by atoms with Crippen molar-refractivity contribution in [3.63, 3.8) is 0 Å². The number of aliphatic hydroxyl groups is 1. The van der Waals surface area contributed by atoms with Crippen LogP contribution in [0.15, 0.2) is 18.2 Å². The number of carbonyl (C=O) groups is 2. The highest BCUT2D eigenvalue weighted by Crippen LogP contribution is 2.41. The molecule has 8 heteroatoms. The van der Waals surface area contributed by atoms with E-state index in [0.717, 1.165) is 24.1 Å². The van der Waals surface area contributed by atoms with Crippen LogP contribution in [0.5, 0.6) is 0 Å². The average molecular weight is 447 g/mol. The largest absolute Gasteiger partial charge is 0.446 e. The number of anilines is 2. The van der Waals surface area contributed by atoms with Gasteiger partial charge < -0.3 is 25.8 Å². The van der Waals surface area contributed by atoms with Crippen LogP contribution in [-0.2, 0) is 9.53 Å². The Morgan fingerprint density at radius 2 is 1.97 bits per heavy atom. The first-order valence-electron chi connectivity index (χ1n) is 11.6. The van der Waals surface area contributed by atoms with Gasteiger partial charge in [0.1, 0.15) is 0 Å². The van der Waals surface area contributed by atoms with Crippen LogP contribution >= 0.6 is 0 Å². The number of amides is 2. The fraction of sp³-hybridized carbons (Fsp3) is 0.667. The molecule has 4 N–H and O–H groups in total. The molecule has 0 aromatic heterocycles. The molecule has 2 atom stereocenters. The Kier molecular flexibility index (Phi) is 7.47. The number of hydrogen-bond donors (Lipinski definition) is 3. The van der Waals surface area contributed by atoms with Gasteiger partial charge in [0.25, 0.3) is 0 Å². The Morgan fingerprint density at radius 3 is 2.53 bits per heavy atom. The van der Waals surface area contributed by atoms with E-state index < -0.39 is 11.7 Å². The summed E-state index contributed by atoms with van der Waals surface area (Å²) in [7, 11) is 0. The molecule has 3 rings (SSSR count). The van der Waals surface area contributed by atoms with E-state index in [0.29, 0.717) is 31.9 Å². The summed E-state index contributed by atoms with van der Waals surface area (Å²) in [6, 6.07) is 5.73. The number of benzene rings is 1. The molecule has 1 aliphatic carbocycles. The Bertz CT molecular complexity index is 832. The van der Waals surface area contributed by atoms with E-state index in [1.54, 1.807) is 18.7 Å². The molecule has 178 valence electrons. The van der Waals surface area contributed by atoms with Gasteiger partial charge in [0, 0.05) is 38.0 Å². The molecule has 8 nitrogen and oxygen atoms in total. The van der Waals surface area contributed by atoms with E-state index in [1.165, 1.54) is 0 Å². The smallest absolute Gasteiger partial charge is 0.414 e. The van der Waals surface area contributed by atoms with Crippen LogP contribution in [0.4, 0.5) is 16.2 Å². The minimum Gasteiger partial charge on any atom is -0.446 e. The van der Waals surface area contributed by atoms with E-state index in [2.05, 4.69) is 5.32 Å². The summed E-state index contributed by atoms with van der Waals surface area (Å²) in [6.45, 7) is 11.0. The Morgan fingerprint density at radius 1 is 1.28 bits per heavy atom. The average Bonchev–Trinajstić information content (AvgIpc) is 3.54. The van der Waals surface area contributed by atoms with Crippen LogP contribution in [0.1, 0.15) is 58.9 Å². The van der Waals surface area contributed by atoms with Gasteiger partial charge in [-0.25, -0.2) is 4.79 Å². The van der Waals surface area contributed by atoms with E-state index >= 15 is 0 Å². The number of rotatable bonds is 8. The third-order valence-electron chi connectivity index (χ3n) is 5.86. The second-order valence-corrected chi connectivity index (χ2v) is 10.00. The molecule has 2 aliphatic rings. The predicted molar refractivity (Wildman–Crippen MR) is 126 cm³/mol. The van der Waals surface area contributed by atoms with Crippen molar-refractivity contribution in [1.82, 2.24) is 5.32 Å². The van der Waals surface area contributed by atoms with Crippen LogP contribution in [0.3, 0.4) is 0 Å². The first-order chi connectivity index (χ1) is 15.0. The van der Waals surface area contributed by atoms with Crippen LogP contribution in [0.25, 0.3) is 0 Å². The molecule has 1 aromatic rings. The number of ether oxygens (including phenoxy) is 1. The molecule has 1 aliphatic heterocycles. The van der Waals surface area contributed by atoms with Gasteiger partial charge in [0.05, 0.1) is 29.1 Å². The third-order valence-corrected chi connectivity index (χ3v) is 5.86. The Labute approximate surface area is 191 Å². The highest BCUT2D eigenvalue weighted by atomic mass is 16.6. The fourth-order valence-corrected chi connectivity index (χ4v) is 4.09. The Balaban J connectivity index is 1.93. The molecule has 0 radical (unpaired) electrons. The van der Waals surface area contributed by atoms with Crippen LogP contribution in [0, 0.1) is 5.92 Å². The summed E-state index contributed by atoms with van der Waals surface area (Å²) in [6.07, 6.45) is 1.21. The van der Waals surface area contributed by atoms with Crippen molar-refractivity contribution >= 4 is 23.4 Å². The zero-order chi connectivity index (χ0) is 23.6. The summed E-state index contributed by atoms with van der Waals surface area (Å²) >= 11 is 0. The van der Waals surface area contributed by atoms with Crippen LogP contribution in [0.2, 0.25) is 0 Å². The molecule has 2 amide bonds. The lowest BCUT2D eigenvalue weighted by Gasteiger charge is -2.41. The SMILES string of the molecule is CC(C)OC(=O)N1C[C@H](C)N(C(=O)C2CC2)c2ccc(C(CN)CNCC(C)(C)O)cc21. The van der Waals surface area contributed by atoms with Crippen LogP contribution < -0.4 is 20.9 Å². The first kappa shape index (κ1) is 24.5. The molecule has 0 bridgehead atoms. The summed E-state index contributed by atoms with van der Waals surface area (Å²) in [4.78, 5) is 29.4. The van der Waals surface area contributed by atoms with Crippen molar-refractivity contribution in [3.05, 3.63) is 23.8 Å². The number of carbonyl (C=O) groups excluding carboxylic acids is 2. The molecule has 1 saturated carbocycles. The van der Waals surface area contributed by atoms with Gasteiger partial charge in [-0.2, -0.15) is 0 Å². The van der Waals surface area contributed by atoms with Gasteiger partial charge in [-0.15, -0.1) is 0 Å². The van der Waals surface area contributed by atoms with Crippen LogP contribution in [-0.4, -0.2) is 61.0 Å². The van der Waals surface area contributed by atoms with Crippen molar-refractivity contribution in [2.45, 2.75) is 71.1 Å². The maximum Gasteiger partial charge on any atom is 0.414 e. The molecule has 1 heterocycles. The second kappa shape index (κ2) is 9.77. The van der Waals surface area contributed by atoms with Gasteiger partial charge in [-0.3, -0.25) is 9.69 Å². The lowest BCUT2D eigenvalue weighted by atomic mass is 9.95. The summed E-state index contributed by atoms with van der Waals surface area (Å²) in [5, 5.41) is 13.2. The lowest BCUT2D eigenvalue weighted by Crippen LogP contribution is -2.52. The topological polar surface area (TPSA) is 108 Å². The molecule has 1 aromatic carbocycles. The third kappa shape index (κ3) is 5.79. The summed E-state index contributed by atoms with van der Waals surface area (Å²) < 4.78 is 5.50. The van der Waals surface area contributed by atoms with Gasteiger partial charge in [0.2, 0.25) is 5.91 Å². The standard InChI is InChI=1S/C24H38N4O4/c1-15(2)32-23(30)27-13-16(3)28(22(29)17-6-7-17)20-9-8-18(10-21(20)27)19(11-25)12-26-14-24(4,5)31/h8-10,15-17,19,26,31H,6-7,11-14,25H2,1-5H3/t16-,19?/m0/s1. The quantitative estimate of drug-likeness (QED) is 0.566. The van der Waals surface area contributed by atoms with Crippen molar-refractivity contribution in [1.29, 1.82) is 0 Å². The number of hydrogen-bond acceptors (Lipinski definition) is 6. The fourth-order valence-electron chi connectivity index (χ4n) is 4.09. The number of fused-ring (bicyclic) bond motifs is 1. The minimum atomic E-state index is -0.813. The second-order valence-electron chi connectivity index (χ2n) is 10.00. The minimum absolute atomic E-state index is 0.00227.